The Morgan fingerprint density at radius 1 is 1.00 bits per heavy atom. The van der Waals surface area contributed by atoms with Gasteiger partial charge in [0.05, 0.1) is 21.3 Å². The summed E-state index contributed by atoms with van der Waals surface area (Å²) in [7, 11) is 4.51. The van der Waals surface area contributed by atoms with Crippen molar-refractivity contribution in [1.82, 2.24) is 0 Å². The van der Waals surface area contributed by atoms with Gasteiger partial charge in [-0.05, 0) is 30.9 Å². The van der Waals surface area contributed by atoms with Gasteiger partial charge in [-0.2, -0.15) is 0 Å². The average molecular weight is 434 g/mol. The molecule has 166 valence electrons. The zero-order valence-corrected chi connectivity index (χ0v) is 18.8. The van der Waals surface area contributed by atoms with Crippen LogP contribution in [0.4, 0.5) is 0 Å². The smallest absolute Gasteiger partial charge is 0.315 e. The van der Waals surface area contributed by atoms with Gasteiger partial charge in [0.2, 0.25) is 0 Å². The van der Waals surface area contributed by atoms with E-state index in [1.165, 1.54) is 7.11 Å². The summed E-state index contributed by atoms with van der Waals surface area (Å²) in [4.78, 5) is 31.1. The van der Waals surface area contributed by atoms with Gasteiger partial charge in [0.25, 0.3) is 0 Å². The number of ketones is 1. The Labute approximate surface area is 187 Å². The summed E-state index contributed by atoms with van der Waals surface area (Å²) in [6.07, 6.45) is 1.02. The maximum atomic E-state index is 13.5. The minimum absolute atomic E-state index is 0.00753. The van der Waals surface area contributed by atoms with E-state index < -0.39 is 17.8 Å². The molecule has 1 heterocycles. The largest absolute Gasteiger partial charge is 0.497 e. The summed E-state index contributed by atoms with van der Waals surface area (Å²) in [5.41, 5.74) is 3.84. The quantitative estimate of drug-likeness (QED) is 0.651. The second-order valence-electron chi connectivity index (χ2n) is 8.14. The van der Waals surface area contributed by atoms with Crippen LogP contribution in [0.5, 0.6) is 11.5 Å². The minimum atomic E-state index is -0.696. The maximum Gasteiger partial charge on any atom is 0.315 e. The molecule has 0 spiro atoms. The molecule has 0 aromatic heterocycles. The van der Waals surface area contributed by atoms with E-state index in [0.717, 1.165) is 16.8 Å². The molecule has 1 aliphatic heterocycles. The predicted molar refractivity (Wildman–Crippen MR) is 121 cm³/mol. The number of carbonyl (C=O) groups is 2. The molecule has 0 amide bonds. The van der Waals surface area contributed by atoms with Crippen LogP contribution in [0.1, 0.15) is 42.7 Å². The first-order valence-electron chi connectivity index (χ1n) is 10.6. The molecule has 0 radical (unpaired) electrons. The van der Waals surface area contributed by atoms with Gasteiger partial charge >= 0.3 is 5.97 Å². The lowest BCUT2D eigenvalue weighted by Crippen LogP contribution is -2.38. The number of benzene rings is 2. The first-order chi connectivity index (χ1) is 15.5. The van der Waals surface area contributed by atoms with Gasteiger partial charge in [-0.3, -0.25) is 14.6 Å². The predicted octanol–water partition coefficient (Wildman–Crippen LogP) is 4.45. The van der Waals surface area contributed by atoms with E-state index in [9.17, 15) is 9.59 Å². The van der Waals surface area contributed by atoms with Crippen molar-refractivity contribution >= 4 is 17.5 Å². The lowest BCUT2D eigenvalue weighted by Gasteiger charge is -2.36. The maximum absolute atomic E-state index is 13.5. The molecule has 0 saturated heterocycles. The number of hydrogen-bond donors (Lipinski definition) is 0. The lowest BCUT2D eigenvalue weighted by molar-refractivity contribution is -0.143. The molecule has 2 aromatic rings. The van der Waals surface area contributed by atoms with Crippen LogP contribution in [0.2, 0.25) is 0 Å². The molecule has 2 aromatic carbocycles. The van der Waals surface area contributed by atoms with Crippen LogP contribution < -0.4 is 9.47 Å². The molecule has 0 saturated carbocycles. The second-order valence-corrected chi connectivity index (χ2v) is 8.14. The summed E-state index contributed by atoms with van der Waals surface area (Å²) < 4.78 is 16.1. The Hall–Kier alpha value is -3.41. The highest BCUT2D eigenvalue weighted by molar-refractivity contribution is 6.09. The summed E-state index contributed by atoms with van der Waals surface area (Å²) in [5, 5.41) is 0. The third kappa shape index (κ3) is 3.81. The fourth-order valence-corrected chi connectivity index (χ4v) is 4.86. The van der Waals surface area contributed by atoms with Gasteiger partial charge < -0.3 is 14.2 Å². The number of ether oxygens (including phenoxy) is 3. The van der Waals surface area contributed by atoms with Gasteiger partial charge in [-0.25, -0.2) is 0 Å². The number of esters is 1. The highest BCUT2D eigenvalue weighted by Crippen LogP contribution is 2.49. The van der Waals surface area contributed by atoms with Crippen molar-refractivity contribution in [2.75, 3.05) is 21.3 Å². The number of nitrogens with zero attached hydrogens (tertiary/aromatic N) is 1. The molecule has 3 atom stereocenters. The molecular formula is C26H27NO5. The standard InChI is InChI=1S/C26H27NO5/c1-15-23(26(29)32-4)24(19-11-10-18(30-2)14-22(19)31-3)25-20(27-15)12-17(13-21(25)28)16-8-6-5-7-9-16/h5-11,14,17,23-24H,12-13H2,1-4H3/t17-,23?,24-/m0/s1. The van der Waals surface area contributed by atoms with Crippen molar-refractivity contribution in [3.05, 3.63) is 70.9 Å². The molecule has 2 aliphatic rings. The molecule has 4 rings (SSSR count). The van der Waals surface area contributed by atoms with Crippen LogP contribution in [0, 0.1) is 5.92 Å². The van der Waals surface area contributed by atoms with E-state index in [1.807, 2.05) is 49.4 Å². The van der Waals surface area contributed by atoms with Crippen molar-refractivity contribution in [2.24, 2.45) is 10.9 Å². The van der Waals surface area contributed by atoms with Crippen LogP contribution in [0.15, 0.2) is 64.8 Å². The van der Waals surface area contributed by atoms with E-state index in [0.29, 0.717) is 35.6 Å². The SMILES string of the molecule is COC(=O)C1C(C)=NC2=C(C(=O)C[C@@H](c3ccccc3)C2)[C@H]1c1ccc(OC)cc1OC. The van der Waals surface area contributed by atoms with E-state index in [2.05, 4.69) is 0 Å². The third-order valence-electron chi connectivity index (χ3n) is 6.39. The van der Waals surface area contributed by atoms with E-state index in [-0.39, 0.29) is 11.7 Å². The van der Waals surface area contributed by atoms with E-state index >= 15 is 0 Å². The highest BCUT2D eigenvalue weighted by atomic mass is 16.5. The molecule has 1 unspecified atom stereocenters. The zero-order chi connectivity index (χ0) is 22.8. The van der Waals surface area contributed by atoms with Gasteiger partial charge in [-0.15, -0.1) is 0 Å². The molecular weight excluding hydrogens is 406 g/mol. The number of aliphatic imine (C=N–C) groups is 1. The second kappa shape index (κ2) is 8.99. The van der Waals surface area contributed by atoms with E-state index in [1.54, 1.807) is 20.3 Å². The Balaban J connectivity index is 1.86. The van der Waals surface area contributed by atoms with Crippen LogP contribution in [0.3, 0.4) is 0 Å². The van der Waals surface area contributed by atoms with Gasteiger partial charge in [0, 0.05) is 41.0 Å². The Kier molecular flexibility index (Phi) is 6.12. The van der Waals surface area contributed by atoms with Crippen LogP contribution in [-0.2, 0) is 14.3 Å². The Morgan fingerprint density at radius 2 is 1.75 bits per heavy atom. The van der Waals surface area contributed by atoms with Crippen LogP contribution >= 0.6 is 0 Å². The van der Waals surface area contributed by atoms with E-state index in [4.69, 9.17) is 19.2 Å². The monoisotopic (exact) mass is 433 g/mol. The third-order valence-corrected chi connectivity index (χ3v) is 6.39. The van der Waals surface area contributed by atoms with Crippen LogP contribution in [-0.4, -0.2) is 38.8 Å². The number of hydrogen-bond acceptors (Lipinski definition) is 6. The number of allylic oxidation sites excluding steroid dienone is 2. The normalized spacial score (nSPS) is 22.7. The Bertz CT molecular complexity index is 1100. The van der Waals surface area contributed by atoms with Crippen LogP contribution in [0.25, 0.3) is 0 Å². The van der Waals surface area contributed by atoms with Crippen molar-refractivity contribution in [2.45, 2.75) is 31.6 Å². The van der Waals surface area contributed by atoms with Crippen molar-refractivity contribution in [3.63, 3.8) is 0 Å². The fraction of sp³-hybridized carbons (Fsp3) is 0.346. The summed E-state index contributed by atoms with van der Waals surface area (Å²) in [6.45, 7) is 1.82. The van der Waals surface area contributed by atoms with Crippen molar-refractivity contribution in [3.8, 4) is 11.5 Å². The molecule has 0 bridgehead atoms. The summed E-state index contributed by atoms with van der Waals surface area (Å²) in [5.74, 6) is -0.380. The topological polar surface area (TPSA) is 74.2 Å². The van der Waals surface area contributed by atoms with Gasteiger partial charge in [0.15, 0.2) is 5.78 Å². The molecule has 0 N–H and O–H groups in total. The number of carbonyl (C=O) groups excluding carboxylic acids is 2. The molecule has 1 aliphatic carbocycles. The molecule has 0 fully saturated rings. The van der Waals surface area contributed by atoms with Gasteiger partial charge in [-0.1, -0.05) is 36.4 Å². The molecule has 6 heteroatoms. The number of Topliss-reactive ketones (excluding diaryl/α,β-unsaturated/α-hetero) is 1. The highest BCUT2D eigenvalue weighted by Gasteiger charge is 2.45. The Morgan fingerprint density at radius 3 is 2.41 bits per heavy atom. The summed E-state index contributed by atoms with van der Waals surface area (Å²) >= 11 is 0. The number of rotatable bonds is 5. The van der Waals surface area contributed by atoms with Crippen molar-refractivity contribution in [1.29, 1.82) is 0 Å². The lowest BCUT2D eigenvalue weighted by atomic mass is 9.69. The average Bonchev–Trinajstić information content (AvgIpc) is 2.82. The first-order valence-corrected chi connectivity index (χ1v) is 10.6. The first kappa shape index (κ1) is 21.8. The summed E-state index contributed by atoms with van der Waals surface area (Å²) in [6, 6.07) is 15.5. The molecule has 6 nitrogen and oxygen atoms in total. The number of methoxy groups -OCH3 is 3. The zero-order valence-electron chi connectivity index (χ0n) is 18.8. The molecule has 32 heavy (non-hydrogen) atoms. The van der Waals surface area contributed by atoms with Crippen molar-refractivity contribution < 1.29 is 23.8 Å². The van der Waals surface area contributed by atoms with Gasteiger partial charge in [0.1, 0.15) is 17.4 Å². The fourth-order valence-electron chi connectivity index (χ4n) is 4.86. The minimum Gasteiger partial charge on any atom is -0.497 e.